The monoisotopic (exact) mass is 346 g/mol. The summed E-state index contributed by atoms with van der Waals surface area (Å²) in [6.07, 6.45) is -0.0575. The highest BCUT2D eigenvalue weighted by atomic mass is 19.1. The summed E-state index contributed by atoms with van der Waals surface area (Å²) in [5.74, 6) is 0.0492. The second-order valence-corrected chi connectivity index (χ2v) is 6.16. The normalized spacial score (nSPS) is 16.2. The van der Waals surface area contributed by atoms with E-state index >= 15 is 0 Å². The number of amides is 1. The SMILES string of the molecule is CCN1CCN(Cc2nc(CC(N)=O)nn2-c2ccccc2F)CC1. The van der Waals surface area contributed by atoms with Gasteiger partial charge in [-0.25, -0.2) is 14.1 Å². The number of piperazine rings is 1. The maximum Gasteiger partial charge on any atom is 0.225 e. The average molecular weight is 346 g/mol. The molecular weight excluding hydrogens is 323 g/mol. The number of nitrogens with two attached hydrogens (primary N) is 1. The quantitative estimate of drug-likeness (QED) is 0.827. The second kappa shape index (κ2) is 7.71. The molecule has 0 bridgehead atoms. The van der Waals surface area contributed by atoms with E-state index in [1.807, 2.05) is 0 Å². The molecule has 1 amide bonds. The first-order valence-electron chi connectivity index (χ1n) is 8.49. The number of halogens is 1. The molecule has 0 unspecified atom stereocenters. The standard InChI is InChI=1S/C17H23FN6O/c1-2-22-7-9-23(10-8-22)12-17-20-16(11-15(19)25)21-24(17)14-6-4-3-5-13(14)18/h3-6H,2,7-12H2,1H3,(H2,19,25). The predicted molar refractivity (Wildman–Crippen MR) is 91.6 cm³/mol. The number of aromatic nitrogens is 3. The van der Waals surface area contributed by atoms with Crippen LogP contribution in [0.25, 0.3) is 5.69 Å². The molecule has 1 aliphatic rings. The van der Waals surface area contributed by atoms with Crippen LogP contribution in [0.1, 0.15) is 18.6 Å². The van der Waals surface area contributed by atoms with E-state index in [0.717, 1.165) is 32.7 Å². The minimum Gasteiger partial charge on any atom is -0.369 e. The number of para-hydroxylation sites is 1. The summed E-state index contributed by atoms with van der Waals surface area (Å²) in [6, 6.07) is 6.41. The van der Waals surface area contributed by atoms with Crippen molar-refractivity contribution in [1.82, 2.24) is 24.6 Å². The lowest BCUT2D eigenvalue weighted by molar-refractivity contribution is -0.117. The van der Waals surface area contributed by atoms with Gasteiger partial charge in [-0.1, -0.05) is 19.1 Å². The minimum absolute atomic E-state index is 0.0575. The number of carbonyl (C=O) groups excluding carboxylic acids is 1. The van der Waals surface area contributed by atoms with E-state index in [-0.39, 0.29) is 12.2 Å². The van der Waals surface area contributed by atoms with E-state index in [1.165, 1.54) is 10.7 Å². The van der Waals surface area contributed by atoms with Crippen molar-refractivity contribution in [3.8, 4) is 5.69 Å². The van der Waals surface area contributed by atoms with Crippen molar-refractivity contribution in [1.29, 1.82) is 0 Å². The summed E-state index contributed by atoms with van der Waals surface area (Å²) in [6.45, 7) is 7.59. The third-order valence-electron chi connectivity index (χ3n) is 4.41. The highest BCUT2D eigenvalue weighted by Crippen LogP contribution is 2.16. The van der Waals surface area contributed by atoms with Crippen molar-refractivity contribution in [2.45, 2.75) is 19.9 Å². The Morgan fingerprint density at radius 2 is 1.88 bits per heavy atom. The van der Waals surface area contributed by atoms with Crippen molar-refractivity contribution in [3.63, 3.8) is 0 Å². The Balaban J connectivity index is 1.85. The summed E-state index contributed by atoms with van der Waals surface area (Å²) >= 11 is 0. The van der Waals surface area contributed by atoms with Gasteiger partial charge in [0.1, 0.15) is 17.3 Å². The summed E-state index contributed by atoms with van der Waals surface area (Å²) in [4.78, 5) is 20.3. The van der Waals surface area contributed by atoms with Crippen molar-refractivity contribution in [2.75, 3.05) is 32.7 Å². The van der Waals surface area contributed by atoms with E-state index in [9.17, 15) is 9.18 Å². The zero-order chi connectivity index (χ0) is 17.8. The molecule has 2 heterocycles. The highest BCUT2D eigenvalue weighted by Gasteiger charge is 2.21. The summed E-state index contributed by atoms with van der Waals surface area (Å²) < 4.78 is 15.7. The van der Waals surface area contributed by atoms with Crippen molar-refractivity contribution in [2.24, 2.45) is 5.73 Å². The molecule has 25 heavy (non-hydrogen) atoms. The van der Waals surface area contributed by atoms with Gasteiger partial charge >= 0.3 is 0 Å². The molecule has 2 aromatic rings. The van der Waals surface area contributed by atoms with Crippen LogP contribution in [0.2, 0.25) is 0 Å². The molecule has 134 valence electrons. The van der Waals surface area contributed by atoms with Gasteiger partial charge < -0.3 is 10.6 Å². The van der Waals surface area contributed by atoms with Gasteiger partial charge in [-0.2, -0.15) is 5.10 Å². The van der Waals surface area contributed by atoms with Crippen molar-refractivity contribution < 1.29 is 9.18 Å². The molecule has 0 radical (unpaired) electrons. The van der Waals surface area contributed by atoms with Crippen LogP contribution in [-0.2, 0) is 17.8 Å². The largest absolute Gasteiger partial charge is 0.369 e. The third kappa shape index (κ3) is 4.21. The molecular formula is C17H23FN6O. The lowest BCUT2D eigenvalue weighted by Crippen LogP contribution is -2.45. The lowest BCUT2D eigenvalue weighted by atomic mass is 10.3. The number of primary amides is 1. The number of hydrogen-bond acceptors (Lipinski definition) is 5. The van der Waals surface area contributed by atoms with E-state index < -0.39 is 5.91 Å². The van der Waals surface area contributed by atoms with E-state index in [2.05, 4.69) is 26.8 Å². The molecule has 1 saturated heterocycles. The van der Waals surface area contributed by atoms with Gasteiger partial charge in [-0.3, -0.25) is 9.69 Å². The van der Waals surface area contributed by atoms with Crippen LogP contribution >= 0.6 is 0 Å². The molecule has 0 atom stereocenters. The zero-order valence-electron chi connectivity index (χ0n) is 14.4. The maximum absolute atomic E-state index is 14.2. The molecule has 2 N–H and O–H groups in total. The Kier molecular flexibility index (Phi) is 5.40. The number of hydrogen-bond donors (Lipinski definition) is 1. The fourth-order valence-corrected chi connectivity index (χ4v) is 3.00. The van der Waals surface area contributed by atoms with Crippen LogP contribution in [0.3, 0.4) is 0 Å². The Hall–Kier alpha value is -2.32. The van der Waals surface area contributed by atoms with Gasteiger partial charge in [0.05, 0.1) is 13.0 Å². The summed E-state index contributed by atoms with van der Waals surface area (Å²) in [5, 5.41) is 4.31. The molecule has 1 fully saturated rings. The number of likely N-dealkylation sites (N-methyl/N-ethyl adjacent to an activating group) is 1. The Morgan fingerprint density at radius 3 is 2.52 bits per heavy atom. The summed E-state index contributed by atoms with van der Waals surface area (Å²) in [7, 11) is 0. The van der Waals surface area contributed by atoms with E-state index in [1.54, 1.807) is 18.2 Å². The molecule has 1 aromatic heterocycles. The maximum atomic E-state index is 14.2. The fraction of sp³-hybridized carbons (Fsp3) is 0.471. The van der Waals surface area contributed by atoms with Gasteiger partial charge in [0.2, 0.25) is 5.91 Å². The van der Waals surface area contributed by atoms with Crippen molar-refractivity contribution >= 4 is 5.91 Å². The Bertz CT molecular complexity index is 738. The molecule has 7 nitrogen and oxygen atoms in total. The number of carbonyl (C=O) groups is 1. The van der Waals surface area contributed by atoms with Crippen LogP contribution < -0.4 is 5.73 Å². The minimum atomic E-state index is -0.506. The molecule has 3 rings (SSSR count). The number of nitrogens with zero attached hydrogens (tertiary/aromatic N) is 5. The topological polar surface area (TPSA) is 80.3 Å². The van der Waals surface area contributed by atoms with Crippen LogP contribution in [0.5, 0.6) is 0 Å². The summed E-state index contributed by atoms with van der Waals surface area (Å²) in [5.41, 5.74) is 5.58. The zero-order valence-corrected chi connectivity index (χ0v) is 14.4. The van der Waals surface area contributed by atoms with Crippen LogP contribution in [0.15, 0.2) is 24.3 Å². The number of benzene rings is 1. The van der Waals surface area contributed by atoms with Gasteiger partial charge in [0.25, 0.3) is 0 Å². The van der Waals surface area contributed by atoms with Crippen LogP contribution in [0.4, 0.5) is 4.39 Å². The Labute approximate surface area is 146 Å². The predicted octanol–water partition coefficient (Wildman–Crippen LogP) is 0.572. The van der Waals surface area contributed by atoms with Crippen molar-refractivity contribution in [3.05, 3.63) is 41.7 Å². The molecule has 0 spiro atoms. The van der Waals surface area contributed by atoms with Gasteiger partial charge in [-0.15, -0.1) is 0 Å². The van der Waals surface area contributed by atoms with Crippen LogP contribution in [-0.4, -0.2) is 63.2 Å². The molecule has 0 saturated carbocycles. The molecule has 1 aromatic carbocycles. The first-order valence-corrected chi connectivity index (χ1v) is 8.49. The first-order chi connectivity index (χ1) is 12.1. The first kappa shape index (κ1) is 17.5. The van der Waals surface area contributed by atoms with E-state index in [4.69, 9.17) is 5.73 Å². The fourth-order valence-electron chi connectivity index (χ4n) is 3.00. The van der Waals surface area contributed by atoms with Gasteiger partial charge in [0.15, 0.2) is 5.82 Å². The average Bonchev–Trinajstić information content (AvgIpc) is 2.97. The second-order valence-electron chi connectivity index (χ2n) is 6.16. The van der Waals surface area contributed by atoms with Crippen LogP contribution in [0, 0.1) is 5.82 Å². The van der Waals surface area contributed by atoms with Gasteiger partial charge in [-0.05, 0) is 18.7 Å². The molecule has 1 aliphatic heterocycles. The van der Waals surface area contributed by atoms with E-state index in [0.29, 0.717) is 23.9 Å². The molecule has 0 aliphatic carbocycles. The number of rotatable bonds is 6. The molecule has 8 heteroatoms. The third-order valence-corrected chi connectivity index (χ3v) is 4.41. The Morgan fingerprint density at radius 1 is 1.20 bits per heavy atom. The van der Waals surface area contributed by atoms with Gasteiger partial charge in [0, 0.05) is 26.2 Å². The smallest absolute Gasteiger partial charge is 0.225 e. The lowest BCUT2D eigenvalue weighted by Gasteiger charge is -2.33. The highest BCUT2D eigenvalue weighted by molar-refractivity contribution is 5.75.